The van der Waals surface area contributed by atoms with Gasteiger partial charge in [0.25, 0.3) is 0 Å². The second kappa shape index (κ2) is 6.62. The summed E-state index contributed by atoms with van der Waals surface area (Å²) in [4.78, 5) is 11.6. The van der Waals surface area contributed by atoms with Gasteiger partial charge in [-0.25, -0.2) is 8.42 Å². The maximum Gasteiger partial charge on any atom is 0.327 e. The van der Waals surface area contributed by atoms with Crippen LogP contribution in [0.3, 0.4) is 0 Å². The Hall–Kier alpha value is -2.34. The maximum absolute atomic E-state index is 12.7. The van der Waals surface area contributed by atoms with Gasteiger partial charge in [-0.1, -0.05) is 36.4 Å². The lowest BCUT2D eigenvalue weighted by atomic mass is 10.1. The Kier molecular flexibility index (Phi) is 4.82. The van der Waals surface area contributed by atoms with Crippen molar-refractivity contribution in [3.63, 3.8) is 0 Å². The highest BCUT2D eigenvalue weighted by molar-refractivity contribution is 7.92. The van der Waals surface area contributed by atoms with Gasteiger partial charge in [0.1, 0.15) is 5.75 Å². The maximum atomic E-state index is 12.7. The molecule has 0 aliphatic heterocycles. The van der Waals surface area contributed by atoms with Crippen LogP contribution >= 0.6 is 0 Å². The van der Waals surface area contributed by atoms with E-state index in [4.69, 9.17) is 4.74 Å². The van der Waals surface area contributed by atoms with Crippen molar-refractivity contribution in [1.82, 2.24) is 0 Å². The van der Waals surface area contributed by atoms with Crippen molar-refractivity contribution < 1.29 is 23.1 Å². The highest BCUT2D eigenvalue weighted by Crippen LogP contribution is 2.34. The fourth-order valence-corrected chi connectivity index (χ4v) is 3.77. The van der Waals surface area contributed by atoms with E-state index in [0.717, 1.165) is 0 Å². The minimum atomic E-state index is -4.07. The summed E-state index contributed by atoms with van der Waals surface area (Å²) in [5, 5.41) is 7.77. The van der Waals surface area contributed by atoms with Crippen LogP contribution in [0, 0.1) is 0 Å². The first kappa shape index (κ1) is 16.0. The summed E-state index contributed by atoms with van der Waals surface area (Å²) in [6, 6.07) is 13.8. The fraction of sp³-hybridized carbons (Fsp3) is 0.188. The molecule has 0 aromatic heterocycles. The number of hydrogen-bond acceptors (Lipinski definition) is 4. The van der Waals surface area contributed by atoms with Crippen molar-refractivity contribution in [2.45, 2.75) is 17.1 Å². The van der Waals surface area contributed by atoms with E-state index in [2.05, 4.69) is 0 Å². The van der Waals surface area contributed by atoms with Gasteiger partial charge in [0.2, 0.25) is 0 Å². The second-order valence-corrected chi connectivity index (χ2v) is 6.58. The standard InChI is InChI=1S/C16H16O5S/c1-2-21-14-11-7-6-10-13(14)15(16(17)18)22(19,20)12-8-4-3-5-9-12/h3-11,15H,2H2,1H3,(H,17,18). The van der Waals surface area contributed by atoms with Gasteiger partial charge >= 0.3 is 5.97 Å². The molecule has 2 rings (SSSR count). The molecule has 116 valence electrons. The number of carbonyl (C=O) groups is 1. The van der Waals surface area contributed by atoms with Crippen LogP contribution in [-0.2, 0) is 14.6 Å². The van der Waals surface area contributed by atoms with Gasteiger partial charge in [0.15, 0.2) is 15.1 Å². The van der Waals surface area contributed by atoms with Crippen LogP contribution in [0.25, 0.3) is 0 Å². The van der Waals surface area contributed by atoms with Crippen molar-refractivity contribution in [2.24, 2.45) is 0 Å². The zero-order valence-corrected chi connectivity index (χ0v) is 12.8. The molecule has 2 aromatic carbocycles. The number of benzene rings is 2. The molecule has 1 atom stereocenters. The normalized spacial score (nSPS) is 12.6. The molecule has 1 unspecified atom stereocenters. The van der Waals surface area contributed by atoms with Gasteiger partial charge in [0, 0.05) is 5.56 Å². The molecule has 5 nitrogen and oxygen atoms in total. The predicted molar refractivity (Wildman–Crippen MR) is 81.6 cm³/mol. The molecule has 0 fully saturated rings. The summed E-state index contributed by atoms with van der Waals surface area (Å²) >= 11 is 0. The lowest BCUT2D eigenvalue weighted by Crippen LogP contribution is -2.23. The van der Waals surface area contributed by atoms with Gasteiger partial charge in [-0.15, -0.1) is 0 Å². The number of sulfone groups is 1. The molecule has 0 aliphatic carbocycles. The second-order valence-electron chi connectivity index (χ2n) is 4.55. The Morgan fingerprint density at radius 1 is 1.09 bits per heavy atom. The summed E-state index contributed by atoms with van der Waals surface area (Å²) in [7, 11) is -4.07. The smallest absolute Gasteiger partial charge is 0.327 e. The third-order valence-corrected chi connectivity index (χ3v) is 5.11. The lowest BCUT2D eigenvalue weighted by Gasteiger charge is -2.17. The molecule has 2 aromatic rings. The highest BCUT2D eigenvalue weighted by Gasteiger charge is 2.37. The van der Waals surface area contributed by atoms with Gasteiger partial charge < -0.3 is 9.84 Å². The number of para-hydroxylation sites is 1. The largest absolute Gasteiger partial charge is 0.494 e. The van der Waals surface area contributed by atoms with E-state index < -0.39 is 21.1 Å². The Labute approximate surface area is 129 Å². The molecule has 0 spiro atoms. The first-order chi connectivity index (χ1) is 10.5. The van der Waals surface area contributed by atoms with E-state index in [1.165, 1.54) is 18.2 Å². The van der Waals surface area contributed by atoms with Crippen LogP contribution < -0.4 is 4.74 Å². The summed E-state index contributed by atoms with van der Waals surface area (Å²) in [5.74, 6) is -1.17. The van der Waals surface area contributed by atoms with E-state index in [1.54, 1.807) is 43.3 Å². The lowest BCUT2D eigenvalue weighted by molar-refractivity contribution is -0.136. The number of ether oxygens (including phenoxy) is 1. The predicted octanol–water partition coefficient (Wildman–Crippen LogP) is 2.68. The highest BCUT2D eigenvalue weighted by atomic mass is 32.2. The molecule has 0 amide bonds. The number of hydrogen-bond donors (Lipinski definition) is 1. The molecule has 0 radical (unpaired) electrons. The van der Waals surface area contributed by atoms with Crippen molar-refractivity contribution >= 4 is 15.8 Å². The molecule has 0 heterocycles. The Morgan fingerprint density at radius 3 is 2.27 bits per heavy atom. The first-order valence-corrected chi connectivity index (χ1v) is 8.26. The minimum Gasteiger partial charge on any atom is -0.494 e. The van der Waals surface area contributed by atoms with Crippen LogP contribution in [0.1, 0.15) is 17.7 Å². The van der Waals surface area contributed by atoms with Crippen LogP contribution in [0.4, 0.5) is 0 Å². The average Bonchev–Trinajstić information content (AvgIpc) is 2.50. The van der Waals surface area contributed by atoms with Crippen molar-refractivity contribution in [1.29, 1.82) is 0 Å². The molecular formula is C16H16O5S. The molecular weight excluding hydrogens is 304 g/mol. The fourth-order valence-electron chi connectivity index (χ4n) is 2.16. The van der Waals surface area contributed by atoms with Crippen molar-refractivity contribution in [3.8, 4) is 5.75 Å². The molecule has 0 bridgehead atoms. The van der Waals surface area contributed by atoms with Crippen molar-refractivity contribution in [2.75, 3.05) is 6.61 Å². The first-order valence-electron chi connectivity index (χ1n) is 6.72. The Balaban J connectivity index is 2.60. The quantitative estimate of drug-likeness (QED) is 0.885. The van der Waals surface area contributed by atoms with E-state index >= 15 is 0 Å². The summed E-state index contributed by atoms with van der Waals surface area (Å²) in [6.07, 6.45) is 0. The Morgan fingerprint density at radius 2 is 1.68 bits per heavy atom. The van der Waals surface area contributed by atoms with E-state index in [0.29, 0.717) is 6.61 Å². The molecule has 0 aliphatic rings. The van der Waals surface area contributed by atoms with Crippen LogP contribution in [0.15, 0.2) is 59.5 Å². The zero-order valence-electron chi connectivity index (χ0n) is 12.0. The minimum absolute atomic E-state index is 0.0336. The van der Waals surface area contributed by atoms with Gasteiger partial charge in [-0.3, -0.25) is 4.79 Å². The SMILES string of the molecule is CCOc1ccccc1C(C(=O)O)S(=O)(=O)c1ccccc1. The Bertz CT molecular complexity index is 753. The van der Waals surface area contributed by atoms with E-state index in [-0.39, 0.29) is 16.2 Å². The van der Waals surface area contributed by atoms with Crippen LogP contribution in [0.5, 0.6) is 5.75 Å². The number of rotatable bonds is 6. The van der Waals surface area contributed by atoms with E-state index in [9.17, 15) is 18.3 Å². The third kappa shape index (κ3) is 3.12. The third-order valence-electron chi connectivity index (χ3n) is 3.11. The average molecular weight is 320 g/mol. The van der Waals surface area contributed by atoms with Gasteiger partial charge in [-0.2, -0.15) is 0 Å². The van der Waals surface area contributed by atoms with Crippen molar-refractivity contribution in [3.05, 3.63) is 60.2 Å². The molecule has 0 saturated heterocycles. The zero-order chi connectivity index (χ0) is 16.2. The molecule has 22 heavy (non-hydrogen) atoms. The van der Waals surface area contributed by atoms with Crippen LogP contribution in [-0.4, -0.2) is 26.1 Å². The monoisotopic (exact) mass is 320 g/mol. The van der Waals surface area contributed by atoms with E-state index in [1.807, 2.05) is 0 Å². The van der Waals surface area contributed by atoms with Gasteiger partial charge in [-0.05, 0) is 25.1 Å². The topological polar surface area (TPSA) is 80.7 Å². The summed E-state index contributed by atoms with van der Waals surface area (Å²) in [5.41, 5.74) is 0.126. The number of carboxylic acid groups (broad SMARTS) is 1. The summed E-state index contributed by atoms with van der Waals surface area (Å²) < 4.78 is 30.8. The number of aliphatic carboxylic acids is 1. The molecule has 1 N–H and O–H groups in total. The molecule has 6 heteroatoms. The molecule has 0 saturated carbocycles. The van der Waals surface area contributed by atoms with Crippen LogP contribution in [0.2, 0.25) is 0 Å². The van der Waals surface area contributed by atoms with Gasteiger partial charge in [0.05, 0.1) is 11.5 Å². The number of carboxylic acids is 1. The summed E-state index contributed by atoms with van der Waals surface area (Å²) in [6.45, 7) is 2.06.